The van der Waals surface area contributed by atoms with Gasteiger partial charge in [-0.2, -0.15) is 0 Å². The highest BCUT2D eigenvalue weighted by molar-refractivity contribution is 5.21. The lowest BCUT2D eigenvalue weighted by molar-refractivity contribution is 0.0507. The van der Waals surface area contributed by atoms with Gasteiger partial charge in [-0.3, -0.25) is 14.3 Å². The van der Waals surface area contributed by atoms with Gasteiger partial charge >= 0.3 is 5.69 Å². The second-order valence-corrected chi connectivity index (χ2v) is 5.28. The number of nitrogens with one attached hydrogen (secondary N) is 1. The lowest BCUT2D eigenvalue weighted by Gasteiger charge is -2.45. The standard InChI is InChI=1S/C12H17N3O3/c1-7-10(16)13-12(18)15(11(7)17)9-6-14-4-2-8(9)3-5-14/h8-9,17H,2-6H2,1H3,(H,13,16,18). The predicted octanol–water partition coefficient (Wildman–Crippen LogP) is -0.183. The van der Waals surface area contributed by atoms with Crippen molar-refractivity contribution >= 4 is 0 Å². The van der Waals surface area contributed by atoms with Crippen LogP contribution in [-0.4, -0.2) is 39.2 Å². The molecule has 0 radical (unpaired) electrons. The van der Waals surface area contributed by atoms with Gasteiger partial charge in [0.2, 0.25) is 5.88 Å². The van der Waals surface area contributed by atoms with Gasteiger partial charge in [0.1, 0.15) is 0 Å². The molecule has 0 aromatic carbocycles. The average molecular weight is 251 g/mol. The average Bonchev–Trinajstić information content (AvgIpc) is 2.38. The highest BCUT2D eigenvalue weighted by Crippen LogP contribution is 2.36. The molecule has 3 aliphatic rings. The van der Waals surface area contributed by atoms with Gasteiger partial charge in [-0.25, -0.2) is 4.79 Å². The van der Waals surface area contributed by atoms with Crippen LogP contribution in [0.25, 0.3) is 0 Å². The van der Waals surface area contributed by atoms with Crippen molar-refractivity contribution in [2.45, 2.75) is 25.8 Å². The molecule has 3 fully saturated rings. The first kappa shape index (κ1) is 11.5. The summed E-state index contributed by atoms with van der Waals surface area (Å²) >= 11 is 0. The number of hydrogen-bond donors (Lipinski definition) is 2. The number of aromatic amines is 1. The number of aromatic nitrogens is 2. The molecular weight excluding hydrogens is 234 g/mol. The molecule has 6 nitrogen and oxygen atoms in total. The second kappa shape index (κ2) is 3.98. The van der Waals surface area contributed by atoms with Gasteiger partial charge in [0.15, 0.2) is 0 Å². The Bertz CT molecular complexity index is 581. The van der Waals surface area contributed by atoms with E-state index in [1.54, 1.807) is 0 Å². The van der Waals surface area contributed by atoms with E-state index >= 15 is 0 Å². The van der Waals surface area contributed by atoms with Crippen molar-refractivity contribution in [3.63, 3.8) is 0 Å². The third-order valence-electron chi connectivity index (χ3n) is 4.30. The number of nitrogens with zero attached hydrogens (tertiary/aromatic N) is 2. The summed E-state index contributed by atoms with van der Waals surface area (Å²) in [5.74, 6) is 0.242. The van der Waals surface area contributed by atoms with E-state index in [9.17, 15) is 14.7 Å². The molecule has 0 aliphatic carbocycles. The van der Waals surface area contributed by atoms with Gasteiger partial charge in [-0.05, 0) is 38.8 Å². The molecule has 18 heavy (non-hydrogen) atoms. The van der Waals surface area contributed by atoms with E-state index in [1.807, 2.05) is 0 Å². The van der Waals surface area contributed by atoms with Gasteiger partial charge < -0.3 is 10.0 Å². The summed E-state index contributed by atoms with van der Waals surface area (Å²) in [6, 6.07) is -0.0180. The number of hydrogen-bond acceptors (Lipinski definition) is 4. The summed E-state index contributed by atoms with van der Waals surface area (Å²) in [5, 5.41) is 10.1. The minimum Gasteiger partial charge on any atom is -0.494 e. The van der Waals surface area contributed by atoms with Crippen LogP contribution in [0, 0.1) is 12.8 Å². The summed E-state index contributed by atoms with van der Waals surface area (Å²) in [6.45, 7) is 4.45. The number of aromatic hydroxyl groups is 1. The van der Waals surface area contributed by atoms with Crippen LogP contribution in [0.5, 0.6) is 5.88 Å². The minimum atomic E-state index is -0.505. The molecule has 0 amide bonds. The third-order valence-corrected chi connectivity index (χ3v) is 4.30. The quantitative estimate of drug-likeness (QED) is 0.725. The van der Waals surface area contributed by atoms with Gasteiger partial charge in [-0.1, -0.05) is 0 Å². The van der Waals surface area contributed by atoms with Crippen LogP contribution in [0.2, 0.25) is 0 Å². The molecule has 98 valence electrons. The SMILES string of the molecule is Cc1c(O)n(C2CN3CCC2CC3)c(=O)[nH]c1=O. The largest absolute Gasteiger partial charge is 0.494 e. The Morgan fingerprint density at radius 3 is 2.50 bits per heavy atom. The molecule has 1 unspecified atom stereocenters. The Kier molecular flexibility index (Phi) is 2.55. The molecule has 2 bridgehead atoms. The Morgan fingerprint density at radius 1 is 1.28 bits per heavy atom. The molecule has 4 heterocycles. The normalized spacial score (nSPS) is 30.6. The molecule has 3 saturated heterocycles. The summed E-state index contributed by atoms with van der Waals surface area (Å²) in [5.41, 5.74) is -0.789. The Balaban J connectivity index is 2.10. The maximum absolute atomic E-state index is 11.9. The number of rotatable bonds is 1. The Hall–Kier alpha value is -1.56. The molecule has 1 atom stereocenters. The summed E-state index contributed by atoms with van der Waals surface area (Å²) < 4.78 is 1.37. The summed E-state index contributed by atoms with van der Waals surface area (Å²) in [6.07, 6.45) is 2.10. The zero-order valence-electron chi connectivity index (χ0n) is 10.3. The summed E-state index contributed by atoms with van der Waals surface area (Å²) in [4.78, 5) is 27.9. The van der Waals surface area contributed by atoms with Gasteiger partial charge in [-0.15, -0.1) is 0 Å². The van der Waals surface area contributed by atoms with E-state index in [0.717, 1.165) is 32.5 Å². The highest BCUT2D eigenvalue weighted by atomic mass is 16.3. The van der Waals surface area contributed by atoms with E-state index in [0.29, 0.717) is 5.92 Å². The van der Waals surface area contributed by atoms with Crippen LogP contribution < -0.4 is 11.2 Å². The van der Waals surface area contributed by atoms with E-state index in [2.05, 4.69) is 9.88 Å². The van der Waals surface area contributed by atoms with E-state index < -0.39 is 11.2 Å². The van der Waals surface area contributed by atoms with Crippen LogP contribution in [-0.2, 0) is 0 Å². The molecule has 0 spiro atoms. The maximum Gasteiger partial charge on any atom is 0.331 e. The van der Waals surface area contributed by atoms with Crippen molar-refractivity contribution in [3.8, 4) is 5.88 Å². The zero-order chi connectivity index (χ0) is 12.9. The lowest BCUT2D eigenvalue weighted by atomic mass is 9.84. The van der Waals surface area contributed by atoms with Gasteiger partial charge in [0.25, 0.3) is 5.56 Å². The van der Waals surface area contributed by atoms with E-state index in [4.69, 9.17) is 0 Å². The fraction of sp³-hybridized carbons (Fsp3) is 0.667. The molecule has 4 rings (SSSR count). The first-order valence-corrected chi connectivity index (χ1v) is 6.34. The third kappa shape index (κ3) is 1.59. The van der Waals surface area contributed by atoms with E-state index in [1.165, 1.54) is 11.5 Å². The zero-order valence-corrected chi connectivity index (χ0v) is 10.3. The van der Waals surface area contributed by atoms with Crippen LogP contribution in [0.4, 0.5) is 0 Å². The highest BCUT2D eigenvalue weighted by Gasteiger charge is 2.37. The lowest BCUT2D eigenvalue weighted by Crippen LogP contribution is -2.51. The topological polar surface area (TPSA) is 78.3 Å². The predicted molar refractivity (Wildman–Crippen MR) is 65.9 cm³/mol. The first-order valence-electron chi connectivity index (χ1n) is 6.34. The van der Waals surface area contributed by atoms with Crippen molar-refractivity contribution in [1.82, 2.24) is 14.5 Å². The Labute approximate surface area is 104 Å². The fourth-order valence-corrected chi connectivity index (χ4v) is 3.16. The van der Waals surface area contributed by atoms with Crippen LogP contribution >= 0.6 is 0 Å². The van der Waals surface area contributed by atoms with Crippen molar-refractivity contribution in [2.75, 3.05) is 19.6 Å². The Morgan fingerprint density at radius 2 is 1.94 bits per heavy atom. The van der Waals surface area contributed by atoms with E-state index in [-0.39, 0.29) is 17.5 Å². The minimum absolute atomic E-state index is 0.0180. The maximum atomic E-state index is 11.9. The number of piperidine rings is 3. The first-order chi connectivity index (χ1) is 8.58. The fourth-order valence-electron chi connectivity index (χ4n) is 3.16. The summed E-state index contributed by atoms with van der Waals surface area (Å²) in [7, 11) is 0. The van der Waals surface area contributed by atoms with Crippen molar-refractivity contribution in [1.29, 1.82) is 0 Å². The molecule has 1 aromatic rings. The monoisotopic (exact) mass is 251 g/mol. The molecule has 2 N–H and O–H groups in total. The van der Waals surface area contributed by atoms with Crippen LogP contribution in [0.1, 0.15) is 24.4 Å². The van der Waals surface area contributed by atoms with Crippen molar-refractivity contribution in [3.05, 3.63) is 26.4 Å². The number of fused-ring (bicyclic) bond motifs is 3. The molecule has 1 aromatic heterocycles. The molecule has 0 saturated carbocycles. The number of H-pyrrole nitrogens is 1. The van der Waals surface area contributed by atoms with Crippen molar-refractivity contribution < 1.29 is 5.11 Å². The van der Waals surface area contributed by atoms with Crippen LogP contribution in [0.3, 0.4) is 0 Å². The van der Waals surface area contributed by atoms with Gasteiger partial charge in [0, 0.05) is 6.54 Å². The van der Waals surface area contributed by atoms with Crippen molar-refractivity contribution in [2.24, 2.45) is 5.92 Å². The second-order valence-electron chi connectivity index (χ2n) is 5.28. The molecular formula is C12H17N3O3. The smallest absolute Gasteiger partial charge is 0.331 e. The molecule has 6 heteroatoms. The van der Waals surface area contributed by atoms with Crippen LogP contribution in [0.15, 0.2) is 9.59 Å². The molecule has 3 aliphatic heterocycles. The van der Waals surface area contributed by atoms with Gasteiger partial charge in [0.05, 0.1) is 11.6 Å².